The summed E-state index contributed by atoms with van der Waals surface area (Å²) >= 11 is 0. The topological polar surface area (TPSA) is 164 Å². The first kappa shape index (κ1) is 36.2. The average molecular weight is 693 g/mol. The van der Waals surface area contributed by atoms with Gasteiger partial charge in [0.15, 0.2) is 18.2 Å². The molecule has 0 aromatic carbocycles. The van der Waals surface area contributed by atoms with E-state index in [9.17, 15) is 30.3 Å². The second kappa shape index (κ2) is 11.2. The van der Waals surface area contributed by atoms with E-state index in [4.69, 9.17) is 23.7 Å². The molecule has 2 heterocycles. The van der Waals surface area contributed by atoms with Crippen LogP contribution in [0.2, 0.25) is 0 Å². The Kier molecular flexibility index (Phi) is 8.27. The molecule has 278 valence electrons. The number of allylic oxidation sites excluding steroid dienone is 1. The largest absolute Gasteiger partial charge is 0.457 e. The molecule has 0 bridgehead atoms. The van der Waals surface area contributed by atoms with Crippen LogP contribution in [0.4, 0.5) is 0 Å². The highest BCUT2D eigenvalue weighted by Crippen LogP contribution is 2.88. The Balaban J connectivity index is 1.20. The van der Waals surface area contributed by atoms with E-state index < -0.39 is 71.1 Å². The van der Waals surface area contributed by atoms with Crippen LogP contribution in [0.5, 0.6) is 0 Å². The van der Waals surface area contributed by atoms with Gasteiger partial charge in [-0.05, 0) is 92.3 Å². The van der Waals surface area contributed by atoms with E-state index in [1.54, 1.807) is 7.11 Å². The molecular formula is C38H60O11. The Morgan fingerprint density at radius 2 is 1.76 bits per heavy atom. The van der Waals surface area contributed by atoms with Crippen molar-refractivity contribution in [3.63, 3.8) is 0 Å². The summed E-state index contributed by atoms with van der Waals surface area (Å²) in [4.78, 5) is 12.2. The van der Waals surface area contributed by atoms with Crippen molar-refractivity contribution >= 4 is 5.97 Å². The van der Waals surface area contributed by atoms with Crippen molar-refractivity contribution in [1.82, 2.24) is 0 Å². The van der Waals surface area contributed by atoms with Gasteiger partial charge in [0.2, 0.25) is 0 Å². The van der Waals surface area contributed by atoms with E-state index in [0.717, 1.165) is 38.5 Å². The number of methoxy groups -OCH3 is 1. The fraction of sp³-hybridized carbons (Fsp3) is 0.921. The predicted molar refractivity (Wildman–Crippen MR) is 177 cm³/mol. The molecule has 7 rings (SSSR count). The molecule has 16 atom stereocenters. The zero-order chi connectivity index (χ0) is 35.9. The first-order valence-electron chi connectivity index (χ1n) is 18.5. The monoisotopic (exact) mass is 692 g/mol. The Morgan fingerprint density at radius 1 is 1.06 bits per heavy atom. The number of carbonyl (C=O) groups is 1. The number of aliphatic hydroxyl groups excluding tert-OH is 4. The SMILES string of the molecule is COC(C)(C)C(OC(C)=O)C1CC(C)C2C(O)(O1)C(O)C1(C)C3=CCC4C(C)(C)C(OC5OCC(O)C(O)C5O)CCC45CC35CCC21C. The third kappa shape index (κ3) is 4.55. The first-order chi connectivity index (χ1) is 22.7. The second-order valence-corrected chi connectivity index (χ2v) is 18.5. The normalized spacial score (nSPS) is 53.6. The van der Waals surface area contributed by atoms with E-state index in [1.165, 1.54) is 12.5 Å². The van der Waals surface area contributed by atoms with Gasteiger partial charge in [0.1, 0.15) is 36.1 Å². The van der Waals surface area contributed by atoms with E-state index in [0.29, 0.717) is 6.42 Å². The summed E-state index contributed by atoms with van der Waals surface area (Å²) in [6, 6.07) is 0. The van der Waals surface area contributed by atoms with E-state index in [-0.39, 0.29) is 46.7 Å². The summed E-state index contributed by atoms with van der Waals surface area (Å²) in [5, 5.41) is 56.1. The maximum atomic E-state index is 12.7. The van der Waals surface area contributed by atoms with Crippen molar-refractivity contribution in [3.8, 4) is 0 Å². The molecular weight excluding hydrogens is 632 g/mol. The molecule has 11 nitrogen and oxygen atoms in total. The van der Waals surface area contributed by atoms with Gasteiger partial charge in [-0.1, -0.05) is 46.3 Å². The lowest BCUT2D eigenvalue weighted by atomic mass is 9.44. The molecule has 49 heavy (non-hydrogen) atoms. The smallest absolute Gasteiger partial charge is 0.303 e. The lowest BCUT2D eigenvalue weighted by Gasteiger charge is -2.60. The summed E-state index contributed by atoms with van der Waals surface area (Å²) in [6.07, 6.45) is 0.594. The van der Waals surface area contributed by atoms with Gasteiger partial charge in [-0.25, -0.2) is 0 Å². The Morgan fingerprint density at radius 3 is 2.41 bits per heavy atom. The number of rotatable bonds is 6. The molecule has 2 spiro atoms. The van der Waals surface area contributed by atoms with Crippen molar-refractivity contribution < 1.29 is 54.0 Å². The van der Waals surface area contributed by atoms with E-state index >= 15 is 0 Å². The minimum absolute atomic E-state index is 0.0283. The number of hydrogen-bond donors (Lipinski definition) is 5. The molecule has 11 heteroatoms. The molecule has 0 aromatic rings. The molecule has 0 aromatic heterocycles. The highest BCUT2D eigenvalue weighted by molar-refractivity contribution is 5.66. The van der Waals surface area contributed by atoms with Crippen molar-refractivity contribution in [2.45, 2.75) is 161 Å². The van der Waals surface area contributed by atoms with Crippen LogP contribution < -0.4 is 0 Å². The standard InChI is InChI=1S/C38H60O11/c1-19-16-22(29(47-20(2)39)33(5,6)45-9)49-38(44)28(19)34(7)14-15-37-18-36(37)13-12-25(48-30-27(42)26(41)21(40)17-46-30)32(3,4)23(36)10-11-24(37)35(34,8)31(38)43/h11,19,21-23,25-31,40-44H,10,12-18H2,1-9H3. The van der Waals surface area contributed by atoms with Gasteiger partial charge in [0.25, 0.3) is 0 Å². The lowest BCUT2D eigenvalue weighted by molar-refractivity contribution is -0.342. The van der Waals surface area contributed by atoms with Crippen LogP contribution in [-0.4, -0.2) is 106 Å². The van der Waals surface area contributed by atoms with E-state index in [1.807, 2.05) is 13.8 Å². The van der Waals surface area contributed by atoms with Crippen LogP contribution in [0.3, 0.4) is 0 Å². The molecule has 2 aliphatic heterocycles. The quantitative estimate of drug-likeness (QED) is 0.205. The molecule has 16 unspecified atom stereocenters. The second-order valence-electron chi connectivity index (χ2n) is 18.5. The van der Waals surface area contributed by atoms with Crippen LogP contribution in [0, 0.1) is 44.8 Å². The van der Waals surface area contributed by atoms with Crippen LogP contribution in [-0.2, 0) is 28.5 Å². The number of hydrogen-bond acceptors (Lipinski definition) is 11. The van der Waals surface area contributed by atoms with Gasteiger partial charge >= 0.3 is 5.97 Å². The molecule has 2 saturated heterocycles. The van der Waals surface area contributed by atoms with Gasteiger partial charge in [-0.3, -0.25) is 4.79 Å². The highest BCUT2D eigenvalue weighted by atomic mass is 16.7. The molecule has 6 fully saturated rings. The lowest BCUT2D eigenvalue weighted by Crippen LogP contribution is -2.61. The summed E-state index contributed by atoms with van der Waals surface area (Å²) in [5.41, 5.74) is -1.15. The third-order valence-corrected chi connectivity index (χ3v) is 15.8. The Labute approximate surface area is 290 Å². The molecule has 4 saturated carbocycles. The predicted octanol–water partition coefficient (Wildman–Crippen LogP) is 3.22. The van der Waals surface area contributed by atoms with Crippen molar-refractivity contribution in [1.29, 1.82) is 0 Å². The zero-order valence-electron chi connectivity index (χ0n) is 30.8. The number of esters is 1. The Hall–Kier alpha value is -1.15. The molecule has 5 aliphatic carbocycles. The fourth-order valence-corrected chi connectivity index (χ4v) is 13.1. The summed E-state index contributed by atoms with van der Waals surface area (Å²) in [5.74, 6) is -2.37. The highest BCUT2D eigenvalue weighted by Gasteiger charge is 2.85. The number of carbonyl (C=O) groups excluding carboxylic acids is 1. The van der Waals surface area contributed by atoms with Crippen molar-refractivity contribution in [2.24, 2.45) is 44.8 Å². The van der Waals surface area contributed by atoms with Gasteiger partial charge in [0.05, 0.1) is 12.7 Å². The molecule has 0 amide bonds. The average Bonchev–Trinajstić information content (AvgIpc) is 3.67. The summed E-state index contributed by atoms with van der Waals surface area (Å²) < 4.78 is 30.3. The zero-order valence-corrected chi connectivity index (χ0v) is 30.8. The summed E-state index contributed by atoms with van der Waals surface area (Å²) in [7, 11) is 1.57. The van der Waals surface area contributed by atoms with Gasteiger partial charge in [-0.15, -0.1) is 0 Å². The maximum absolute atomic E-state index is 12.7. The fourth-order valence-electron chi connectivity index (χ4n) is 13.1. The van der Waals surface area contributed by atoms with Crippen LogP contribution in [0.25, 0.3) is 0 Å². The van der Waals surface area contributed by atoms with E-state index in [2.05, 4.69) is 40.7 Å². The van der Waals surface area contributed by atoms with Gasteiger partial charge < -0.3 is 49.2 Å². The van der Waals surface area contributed by atoms with Crippen molar-refractivity contribution in [2.75, 3.05) is 13.7 Å². The number of ether oxygens (including phenoxy) is 5. The number of fused-ring (bicyclic) bond motifs is 4. The Bertz CT molecular complexity index is 1380. The summed E-state index contributed by atoms with van der Waals surface area (Å²) in [6.45, 7) is 16.0. The van der Waals surface area contributed by atoms with Crippen LogP contribution in [0.1, 0.15) is 100 Å². The van der Waals surface area contributed by atoms with Crippen LogP contribution in [0.15, 0.2) is 11.6 Å². The maximum Gasteiger partial charge on any atom is 0.303 e. The molecule has 5 N–H and O–H groups in total. The third-order valence-electron chi connectivity index (χ3n) is 15.8. The molecule has 0 radical (unpaired) electrons. The van der Waals surface area contributed by atoms with Crippen LogP contribution >= 0.6 is 0 Å². The first-order valence-corrected chi connectivity index (χ1v) is 18.5. The number of aliphatic hydroxyl groups is 5. The van der Waals surface area contributed by atoms with Crippen molar-refractivity contribution in [3.05, 3.63) is 11.6 Å². The minimum atomic E-state index is -1.84. The van der Waals surface area contributed by atoms with Gasteiger partial charge in [0, 0.05) is 25.4 Å². The molecule has 7 aliphatic rings. The minimum Gasteiger partial charge on any atom is -0.457 e. The van der Waals surface area contributed by atoms with Gasteiger partial charge in [-0.2, -0.15) is 0 Å².